The van der Waals surface area contributed by atoms with Crippen LogP contribution in [0.2, 0.25) is 0 Å². The summed E-state index contributed by atoms with van der Waals surface area (Å²) in [4.78, 5) is 10.9. The van der Waals surface area contributed by atoms with E-state index < -0.39 is 5.97 Å². The number of rotatable bonds is 5. The SMILES string of the molecule is CCC(NC1CCC(CC)C1C)C(=O)O. The first kappa shape index (κ1) is 12.5. The molecule has 15 heavy (non-hydrogen) atoms. The van der Waals surface area contributed by atoms with E-state index in [2.05, 4.69) is 19.2 Å². The first-order chi connectivity index (χ1) is 7.10. The Labute approximate surface area is 92.3 Å². The summed E-state index contributed by atoms with van der Waals surface area (Å²) in [5.74, 6) is 0.668. The number of nitrogens with one attached hydrogen (secondary N) is 1. The van der Waals surface area contributed by atoms with Crippen molar-refractivity contribution in [2.24, 2.45) is 11.8 Å². The van der Waals surface area contributed by atoms with Crippen LogP contribution in [-0.4, -0.2) is 23.2 Å². The molecule has 4 unspecified atom stereocenters. The van der Waals surface area contributed by atoms with Crippen LogP contribution in [0.25, 0.3) is 0 Å². The summed E-state index contributed by atoms with van der Waals surface area (Å²) < 4.78 is 0. The maximum atomic E-state index is 10.9. The van der Waals surface area contributed by atoms with Crippen molar-refractivity contribution < 1.29 is 9.90 Å². The van der Waals surface area contributed by atoms with Gasteiger partial charge in [0.05, 0.1) is 0 Å². The number of hydrogen-bond donors (Lipinski definition) is 2. The minimum atomic E-state index is -0.718. The highest BCUT2D eigenvalue weighted by atomic mass is 16.4. The second-order valence-corrected chi connectivity index (χ2v) is 4.68. The summed E-state index contributed by atoms with van der Waals surface area (Å²) in [6, 6.07) is 0.0315. The van der Waals surface area contributed by atoms with Gasteiger partial charge in [0.15, 0.2) is 0 Å². The van der Waals surface area contributed by atoms with Gasteiger partial charge in [-0.25, -0.2) is 0 Å². The predicted molar refractivity (Wildman–Crippen MR) is 60.8 cm³/mol. The number of hydrogen-bond acceptors (Lipinski definition) is 2. The zero-order valence-corrected chi connectivity index (χ0v) is 9.99. The van der Waals surface area contributed by atoms with Gasteiger partial charge in [0.25, 0.3) is 0 Å². The molecule has 1 aliphatic rings. The molecule has 0 aromatic heterocycles. The van der Waals surface area contributed by atoms with Crippen molar-refractivity contribution in [3.05, 3.63) is 0 Å². The molecule has 2 N–H and O–H groups in total. The Hall–Kier alpha value is -0.570. The van der Waals surface area contributed by atoms with Crippen LogP contribution in [-0.2, 0) is 4.79 Å². The molecule has 0 spiro atoms. The van der Waals surface area contributed by atoms with Crippen LogP contribution in [0.4, 0.5) is 0 Å². The molecule has 0 heterocycles. The van der Waals surface area contributed by atoms with Crippen LogP contribution < -0.4 is 5.32 Å². The average molecular weight is 213 g/mol. The van der Waals surface area contributed by atoms with Crippen LogP contribution in [0.3, 0.4) is 0 Å². The summed E-state index contributed by atoms with van der Waals surface area (Å²) in [5, 5.41) is 12.3. The lowest BCUT2D eigenvalue weighted by Gasteiger charge is -2.24. The number of carboxylic acid groups (broad SMARTS) is 1. The molecule has 1 saturated carbocycles. The molecule has 0 radical (unpaired) electrons. The molecule has 0 aromatic carbocycles. The van der Waals surface area contributed by atoms with Crippen molar-refractivity contribution in [3.8, 4) is 0 Å². The Balaban J connectivity index is 2.48. The van der Waals surface area contributed by atoms with Crippen molar-refractivity contribution in [2.45, 2.75) is 58.5 Å². The summed E-state index contributed by atoms with van der Waals surface area (Å²) in [5.41, 5.74) is 0. The standard InChI is InChI=1S/C12H23NO2/c1-4-9-6-7-11(8(9)3)13-10(5-2)12(14)15/h8-11,13H,4-7H2,1-3H3,(H,14,15). The fourth-order valence-corrected chi connectivity index (χ4v) is 2.68. The molecule has 88 valence electrons. The highest BCUT2D eigenvalue weighted by molar-refractivity contribution is 5.73. The fraction of sp³-hybridized carbons (Fsp3) is 0.917. The van der Waals surface area contributed by atoms with Crippen molar-refractivity contribution in [2.75, 3.05) is 0 Å². The quantitative estimate of drug-likeness (QED) is 0.736. The van der Waals surface area contributed by atoms with Crippen molar-refractivity contribution >= 4 is 5.97 Å². The fourth-order valence-electron chi connectivity index (χ4n) is 2.68. The van der Waals surface area contributed by atoms with Gasteiger partial charge in [0.1, 0.15) is 6.04 Å². The van der Waals surface area contributed by atoms with Crippen molar-refractivity contribution in [3.63, 3.8) is 0 Å². The smallest absolute Gasteiger partial charge is 0.320 e. The zero-order chi connectivity index (χ0) is 11.4. The van der Waals surface area contributed by atoms with Crippen LogP contribution >= 0.6 is 0 Å². The summed E-state index contributed by atoms with van der Waals surface area (Å²) >= 11 is 0. The van der Waals surface area contributed by atoms with Gasteiger partial charge in [-0.3, -0.25) is 4.79 Å². The molecule has 3 heteroatoms. The van der Waals surface area contributed by atoms with Gasteiger partial charge in [-0.05, 0) is 31.1 Å². The first-order valence-electron chi connectivity index (χ1n) is 6.08. The highest BCUT2D eigenvalue weighted by Gasteiger charge is 2.33. The van der Waals surface area contributed by atoms with Crippen molar-refractivity contribution in [1.29, 1.82) is 0 Å². The Morgan fingerprint density at radius 1 is 1.47 bits per heavy atom. The van der Waals surface area contributed by atoms with Gasteiger partial charge in [0.2, 0.25) is 0 Å². The molecular formula is C12H23NO2. The Bertz CT molecular complexity index is 218. The molecular weight excluding hydrogens is 190 g/mol. The maximum Gasteiger partial charge on any atom is 0.320 e. The van der Waals surface area contributed by atoms with Crippen molar-refractivity contribution in [1.82, 2.24) is 5.32 Å². The number of aliphatic carboxylic acids is 1. The monoisotopic (exact) mass is 213 g/mol. The van der Waals surface area contributed by atoms with Crippen LogP contribution in [0.1, 0.15) is 46.5 Å². The molecule has 4 atom stereocenters. The largest absolute Gasteiger partial charge is 0.480 e. The van der Waals surface area contributed by atoms with E-state index in [9.17, 15) is 4.79 Å². The summed E-state index contributed by atoms with van der Waals surface area (Å²) in [6.07, 6.45) is 4.24. The Morgan fingerprint density at radius 3 is 2.53 bits per heavy atom. The third kappa shape index (κ3) is 2.94. The zero-order valence-electron chi connectivity index (χ0n) is 9.99. The van der Waals surface area contributed by atoms with Gasteiger partial charge >= 0.3 is 5.97 Å². The maximum absolute atomic E-state index is 10.9. The lowest BCUT2D eigenvalue weighted by Crippen LogP contribution is -2.44. The molecule has 0 amide bonds. The van der Waals surface area contributed by atoms with E-state index in [1.54, 1.807) is 0 Å². The topological polar surface area (TPSA) is 49.3 Å². The van der Waals surface area contributed by atoms with Gasteiger partial charge < -0.3 is 10.4 Å². The normalized spacial score (nSPS) is 32.9. The van der Waals surface area contributed by atoms with Crippen LogP contribution in [0, 0.1) is 11.8 Å². The van der Waals surface area contributed by atoms with Gasteiger partial charge in [-0.15, -0.1) is 0 Å². The molecule has 1 rings (SSSR count). The second kappa shape index (κ2) is 5.50. The minimum absolute atomic E-state index is 0.368. The average Bonchev–Trinajstić information content (AvgIpc) is 2.55. The summed E-state index contributed by atoms with van der Waals surface area (Å²) in [6.45, 7) is 6.38. The summed E-state index contributed by atoms with van der Waals surface area (Å²) in [7, 11) is 0. The van der Waals surface area contributed by atoms with Gasteiger partial charge in [-0.1, -0.05) is 27.2 Å². The number of carbonyl (C=O) groups is 1. The van der Waals surface area contributed by atoms with Crippen LogP contribution in [0.5, 0.6) is 0 Å². The Morgan fingerprint density at radius 2 is 2.13 bits per heavy atom. The van der Waals surface area contributed by atoms with E-state index in [1.807, 2.05) is 6.92 Å². The molecule has 0 bridgehead atoms. The van der Waals surface area contributed by atoms with E-state index >= 15 is 0 Å². The molecule has 0 aromatic rings. The van der Waals surface area contributed by atoms with E-state index in [0.717, 1.165) is 12.3 Å². The van der Waals surface area contributed by atoms with E-state index in [1.165, 1.54) is 12.8 Å². The van der Waals surface area contributed by atoms with Gasteiger partial charge in [-0.2, -0.15) is 0 Å². The second-order valence-electron chi connectivity index (χ2n) is 4.68. The molecule has 0 aliphatic heterocycles. The highest BCUT2D eigenvalue weighted by Crippen LogP contribution is 2.34. The van der Waals surface area contributed by atoms with Crippen LogP contribution in [0.15, 0.2) is 0 Å². The van der Waals surface area contributed by atoms with Gasteiger partial charge in [0, 0.05) is 6.04 Å². The molecule has 3 nitrogen and oxygen atoms in total. The Kier molecular flexibility index (Phi) is 4.58. The third-order valence-electron chi connectivity index (χ3n) is 3.87. The molecule has 0 saturated heterocycles. The lowest BCUT2D eigenvalue weighted by molar-refractivity contribution is -0.139. The third-order valence-corrected chi connectivity index (χ3v) is 3.87. The molecule has 1 aliphatic carbocycles. The molecule has 1 fully saturated rings. The lowest BCUT2D eigenvalue weighted by atomic mass is 9.93. The van der Waals surface area contributed by atoms with E-state index in [0.29, 0.717) is 18.4 Å². The number of carboxylic acids is 1. The van der Waals surface area contributed by atoms with E-state index in [4.69, 9.17) is 5.11 Å². The van der Waals surface area contributed by atoms with E-state index in [-0.39, 0.29) is 6.04 Å². The predicted octanol–water partition coefficient (Wildman–Crippen LogP) is 2.26. The first-order valence-corrected chi connectivity index (χ1v) is 6.08. The minimum Gasteiger partial charge on any atom is -0.480 e.